The van der Waals surface area contributed by atoms with Crippen molar-refractivity contribution in [1.82, 2.24) is 14.4 Å². The van der Waals surface area contributed by atoms with Gasteiger partial charge in [0, 0.05) is 42.5 Å². The van der Waals surface area contributed by atoms with E-state index in [4.69, 9.17) is 0 Å². The average molecular weight is 418 g/mol. The number of fused-ring (bicyclic) bond motifs is 7. The number of carbonyl (C=O) groups excluding carboxylic acids is 1. The van der Waals surface area contributed by atoms with Crippen LogP contribution in [-0.2, 0) is 0 Å². The van der Waals surface area contributed by atoms with E-state index in [2.05, 4.69) is 58.7 Å². The molecule has 0 N–H and O–H groups in total. The molecule has 4 heteroatoms. The molecule has 3 saturated heterocycles. The number of piperidine rings is 3. The van der Waals surface area contributed by atoms with Crippen LogP contribution >= 0.6 is 0 Å². The average Bonchev–Trinajstić information content (AvgIpc) is 3.22. The molecule has 4 nitrogen and oxygen atoms in total. The van der Waals surface area contributed by atoms with Crippen LogP contribution in [0.1, 0.15) is 68.8 Å². The van der Waals surface area contributed by atoms with E-state index in [0.717, 1.165) is 24.6 Å². The largest absolute Gasteiger partial charge is 0.345 e. The third-order valence-corrected chi connectivity index (χ3v) is 8.44. The summed E-state index contributed by atoms with van der Waals surface area (Å²) in [5.74, 6) is 1.55. The maximum absolute atomic E-state index is 13.8. The summed E-state index contributed by atoms with van der Waals surface area (Å²) in [5.41, 5.74) is 3.59. The van der Waals surface area contributed by atoms with Gasteiger partial charge in [0.25, 0.3) is 5.91 Å². The molecule has 3 aliphatic heterocycles. The zero-order valence-corrected chi connectivity index (χ0v) is 19.0. The Morgan fingerprint density at radius 3 is 2.87 bits per heavy atom. The first-order valence-electron chi connectivity index (χ1n) is 12.5. The Kier molecular flexibility index (Phi) is 4.75. The zero-order chi connectivity index (χ0) is 21.1. The predicted octanol–water partition coefficient (Wildman–Crippen LogP) is 5.26. The van der Waals surface area contributed by atoms with Gasteiger partial charge in [-0.2, -0.15) is 0 Å². The number of rotatable bonds is 2. The number of amides is 1. The van der Waals surface area contributed by atoms with Gasteiger partial charge in [-0.05, 0) is 87.9 Å². The van der Waals surface area contributed by atoms with Gasteiger partial charge >= 0.3 is 0 Å². The summed E-state index contributed by atoms with van der Waals surface area (Å²) >= 11 is 0. The molecule has 0 spiro atoms. The third-order valence-electron chi connectivity index (χ3n) is 8.44. The summed E-state index contributed by atoms with van der Waals surface area (Å²) in [7, 11) is 0. The second-order valence-electron chi connectivity index (χ2n) is 10.6. The molecule has 1 aromatic heterocycles. The highest BCUT2D eigenvalue weighted by molar-refractivity contribution is 5.98. The summed E-state index contributed by atoms with van der Waals surface area (Å²) in [6.45, 7) is 7.73. The zero-order valence-electron chi connectivity index (χ0n) is 19.0. The number of hydrogen-bond donors (Lipinski definition) is 0. The quantitative estimate of drug-likeness (QED) is 0.624. The number of nitrogens with zero attached hydrogens (tertiary/aromatic N) is 3. The molecule has 164 valence electrons. The summed E-state index contributed by atoms with van der Waals surface area (Å²) in [6.07, 6.45) is 12.4. The Labute approximate surface area is 185 Å². The molecule has 3 fully saturated rings. The molecule has 6 rings (SSSR count). The van der Waals surface area contributed by atoms with Crippen LogP contribution in [0.4, 0.5) is 0 Å². The first-order valence-corrected chi connectivity index (χ1v) is 12.5. The minimum absolute atomic E-state index is 0.230. The Bertz CT molecular complexity index is 1030. The molecule has 2 bridgehead atoms. The minimum atomic E-state index is 0.230. The first kappa shape index (κ1) is 19.6. The summed E-state index contributed by atoms with van der Waals surface area (Å²) in [5, 5.41) is 1.22. The number of aromatic nitrogens is 1. The van der Waals surface area contributed by atoms with E-state index >= 15 is 0 Å². The van der Waals surface area contributed by atoms with Crippen LogP contribution in [-0.4, -0.2) is 52.0 Å². The second-order valence-corrected chi connectivity index (χ2v) is 10.6. The highest BCUT2D eigenvalue weighted by Gasteiger charge is 2.47. The van der Waals surface area contributed by atoms with E-state index < -0.39 is 0 Å². The molecule has 4 aliphatic rings. The third kappa shape index (κ3) is 3.17. The van der Waals surface area contributed by atoms with Crippen LogP contribution < -0.4 is 0 Å². The van der Waals surface area contributed by atoms with Crippen molar-refractivity contribution >= 4 is 16.8 Å². The molecule has 0 saturated carbocycles. The minimum Gasteiger partial charge on any atom is -0.345 e. The molecular weight excluding hydrogens is 382 g/mol. The first-order chi connectivity index (χ1) is 15.1. The van der Waals surface area contributed by atoms with E-state index in [-0.39, 0.29) is 5.91 Å². The Morgan fingerprint density at radius 2 is 2.00 bits per heavy atom. The van der Waals surface area contributed by atoms with Crippen molar-refractivity contribution in [1.29, 1.82) is 0 Å². The lowest BCUT2D eigenvalue weighted by atomic mass is 9.68. The fourth-order valence-corrected chi connectivity index (χ4v) is 7.10. The van der Waals surface area contributed by atoms with Crippen molar-refractivity contribution in [3.63, 3.8) is 0 Å². The van der Waals surface area contributed by atoms with Crippen molar-refractivity contribution in [3.05, 3.63) is 47.7 Å². The molecule has 0 unspecified atom stereocenters. The van der Waals surface area contributed by atoms with Crippen LogP contribution in [0.5, 0.6) is 0 Å². The maximum Gasteiger partial charge on any atom is 0.254 e. The van der Waals surface area contributed by atoms with E-state index in [1.807, 2.05) is 6.07 Å². The van der Waals surface area contributed by atoms with Gasteiger partial charge in [-0.1, -0.05) is 24.1 Å². The molecule has 4 atom stereocenters. The topological polar surface area (TPSA) is 28.5 Å². The lowest BCUT2D eigenvalue weighted by molar-refractivity contribution is 0.00148. The lowest BCUT2D eigenvalue weighted by Gasteiger charge is -2.54. The predicted molar refractivity (Wildman–Crippen MR) is 125 cm³/mol. The molecular formula is C27H35N3O. The highest BCUT2D eigenvalue weighted by atomic mass is 16.2. The van der Waals surface area contributed by atoms with Crippen molar-refractivity contribution in [2.45, 2.75) is 70.5 Å². The van der Waals surface area contributed by atoms with Gasteiger partial charge in [-0.15, -0.1) is 0 Å². The molecule has 1 aromatic carbocycles. The van der Waals surface area contributed by atoms with Gasteiger partial charge in [-0.25, -0.2) is 0 Å². The molecule has 1 amide bonds. The summed E-state index contributed by atoms with van der Waals surface area (Å²) in [6, 6.07) is 9.91. The van der Waals surface area contributed by atoms with Crippen molar-refractivity contribution in [3.8, 4) is 0 Å². The molecule has 0 radical (unpaired) electrons. The van der Waals surface area contributed by atoms with Crippen molar-refractivity contribution < 1.29 is 4.79 Å². The Balaban J connectivity index is 1.33. The fraction of sp³-hybridized carbons (Fsp3) is 0.593. The van der Waals surface area contributed by atoms with Gasteiger partial charge in [0.05, 0.1) is 6.04 Å². The van der Waals surface area contributed by atoms with E-state index in [9.17, 15) is 4.79 Å². The lowest BCUT2D eigenvalue weighted by Crippen LogP contribution is -2.60. The van der Waals surface area contributed by atoms with Crippen LogP contribution in [0.25, 0.3) is 10.9 Å². The molecule has 1 aliphatic carbocycles. The normalized spacial score (nSPS) is 30.8. The van der Waals surface area contributed by atoms with Gasteiger partial charge in [0.2, 0.25) is 0 Å². The van der Waals surface area contributed by atoms with Gasteiger partial charge in [-0.3, -0.25) is 9.69 Å². The Hall–Kier alpha value is -2.07. The number of carbonyl (C=O) groups is 1. The Morgan fingerprint density at radius 1 is 1.10 bits per heavy atom. The second kappa shape index (κ2) is 7.51. The molecule has 2 aromatic rings. The van der Waals surface area contributed by atoms with Gasteiger partial charge in [0.15, 0.2) is 0 Å². The van der Waals surface area contributed by atoms with Crippen LogP contribution in [0.2, 0.25) is 0 Å². The van der Waals surface area contributed by atoms with Crippen LogP contribution in [0, 0.1) is 11.8 Å². The summed E-state index contributed by atoms with van der Waals surface area (Å²) < 4.78 is 2.27. The SMILES string of the molecule is CC(C)n1ccc2ccc(C(=O)N3CCCC4=C[C@H]5C[C@H](CN6CCCC[C@H]56)[C@@H]43)cc21. The van der Waals surface area contributed by atoms with E-state index in [1.54, 1.807) is 5.57 Å². The van der Waals surface area contributed by atoms with Crippen LogP contribution in [0.15, 0.2) is 42.1 Å². The van der Waals surface area contributed by atoms with E-state index in [1.165, 1.54) is 56.1 Å². The van der Waals surface area contributed by atoms with Crippen LogP contribution in [0.3, 0.4) is 0 Å². The van der Waals surface area contributed by atoms with Gasteiger partial charge in [0.1, 0.15) is 0 Å². The number of likely N-dealkylation sites (tertiary alicyclic amines) is 1. The standard InChI is InChI=1S/C27H35N3O/c1-18(2)29-13-10-19-8-9-21(16-25(19)29)27(31)30-12-5-6-20-14-22-15-23(26(20)30)17-28-11-4-3-7-24(22)28/h8-10,13-14,16,18,22-24,26H,3-7,11-12,15,17H2,1-2H3/t22-,23+,24+,26+/m0/s1. The molecule has 31 heavy (non-hydrogen) atoms. The monoisotopic (exact) mass is 417 g/mol. The fourth-order valence-electron chi connectivity index (χ4n) is 7.10. The smallest absolute Gasteiger partial charge is 0.254 e. The van der Waals surface area contributed by atoms with Crippen molar-refractivity contribution in [2.24, 2.45) is 11.8 Å². The number of hydrogen-bond acceptors (Lipinski definition) is 2. The number of benzene rings is 1. The highest BCUT2D eigenvalue weighted by Crippen LogP contribution is 2.45. The maximum atomic E-state index is 13.8. The van der Waals surface area contributed by atoms with Gasteiger partial charge < -0.3 is 9.47 Å². The van der Waals surface area contributed by atoms with E-state index in [0.29, 0.717) is 23.9 Å². The summed E-state index contributed by atoms with van der Waals surface area (Å²) in [4.78, 5) is 18.8. The molecule has 4 heterocycles. The van der Waals surface area contributed by atoms with Crippen molar-refractivity contribution in [2.75, 3.05) is 19.6 Å².